The van der Waals surface area contributed by atoms with Crippen molar-refractivity contribution in [2.45, 2.75) is 52.5 Å². The second-order valence-corrected chi connectivity index (χ2v) is 10.9. The molecule has 0 aliphatic carbocycles. The Bertz CT molecular complexity index is 1350. The summed E-state index contributed by atoms with van der Waals surface area (Å²) in [6.45, 7) is 10.9. The first kappa shape index (κ1) is 29.1. The Morgan fingerprint density at radius 2 is 2.00 bits per heavy atom. The molecule has 208 valence electrons. The van der Waals surface area contributed by atoms with Crippen LogP contribution in [0, 0.1) is 23.2 Å². The summed E-state index contributed by atoms with van der Waals surface area (Å²) in [5.74, 6) is 1.80. The molecule has 9 nitrogen and oxygen atoms in total. The largest absolute Gasteiger partial charge is 0.370 e. The van der Waals surface area contributed by atoms with Crippen molar-refractivity contribution in [3.05, 3.63) is 45.7 Å². The minimum atomic E-state index is -0.258. The Labute approximate surface area is 239 Å². The van der Waals surface area contributed by atoms with E-state index >= 15 is 0 Å². The summed E-state index contributed by atoms with van der Waals surface area (Å²) in [5.41, 5.74) is 7.42. The van der Waals surface area contributed by atoms with E-state index in [0.29, 0.717) is 39.5 Å². The molecule has 0 radical (unpaired) electrons. The monoisotopic (exact) mass is 570 g/mol. The van der Waals surface area contributed by atoms with Crippen molar-refractivity contribution < 1.29 is 4.79 Å². The van der Waals surface area contributed by atoms with Gasteiger partial charge in [0.2, 0.25) is 5.91 Å². The molecule has 2 unspecified atom stereocenters. The summed E-state index contributed by atoms with van der Waals surface area (Å²) in [6, 6.07) is 7.24. The van der Waals surface area contributed by atoms with Gasteiger partial charge in [0.05, 0.1) is 12.2 Å². The number of likely N-dealkylation sites (tertiary alicyclic amines) is 1. The third-order valence-corrected chi connectivity index (χ3v) is 8.18. The lowest BCUT2D eigenvalue weighted by molar-refractivity contribution is -0.118. The molecular formula is C28H36Cl2N8O. The summed E-state index contributed by atoms with van der Waals surface area (Å²) >= 11 is 12.5. The Morgan fingerprint density at radius 1 is 1.23 bits per heavy atom. The van der Waals surface area contributed by atoms with E-state index in [-0.39, 0.29) is 17.6 Å². The van der Waals surface area contributed by atoms with Crippen LogP contribution in [-0.4, -0.2) is 63.3 Å². The fourth-order valence-corrected chi connectivity index (χ4v) is 6.09. The van der Waals surface area contributed by atoms with Crippen LogP contribution >= 0.6 is 23.2 Å². The maximum absolute atomic E-state index is 11.1. The Kier molecular flexibility index (Phi) is 9.65. The van der Waals surface area contributed by atoms with E-state index in [2.05, 4.69) is 26.0 Å². The predicted octanol–water partition coefficient (Wildman–Crippen LogP) is 5.05. The van der Waals surface area contributed by atoms with E-state index in [1.54, 1.807) is 23.0 Å². The number of carbonyl (C=O) groups excluding carboxylic acids is 1. The molecule has 11 heteroatoms. The van der Waals surface area contributed by atoms with E-state index in [1.165, 1.54) is 12.8 Å². The molecule has 2 aliphatic rings. The number of hydrogen-bond acceptors (Lipinski definition) is 7. The number of nitrogens with zero attached hydrogens (tertiary/aromatic N) is 7. The number of amides is 1. The lowest BCUT2D eigenvalue weighted by Crippen LogP contribution is -2.54. The van der Waals surface area contributed by atoms with Crippen molar-refractivity contribution in [1.29, 1.82) is 5.26 Å². The van der Waals surface area contributed by atoms with Gasteiger partial charge in [0.15, 0.2) is 11.3 Å². The molecule has 2 N–H and O–H groups in total. The minimum absolute atomic E-state index is 0.227. The SMILES string of the molecule is CC.CC(c1ccc(Cl)cc1Cl)n1nc(C#N)c2ncc(N3CC(C4CCCN(CCCC(N)=O)C4)C3)nc21. The van der Waals surface area contributed by atoms with Gasteiger partial charge >= 0.3 is 0 Å². The number of benzene rings is 1. The molecule has 2 atom stereocenters. The molecule has 5 rings (SSSR count). The van der Waals surface area contributed by atoms with Crippen molar-refractivity contribution in [1.82, 2.24) is 24.6 Å². The van der Waals surface area contributed by atoms with Crippen molar-refractivity contribution in [3.63, 3.8) is 0 Å². The summed E-state index contributed by atoms with van der Waals surface area (Å²) in [4.78, 5) is 25.2. The molecule has 0 spiro atoms. The zero-order chi connectivity index (χ0) is 28.1. The minimum Gasteiger partial charge on any atom is -0.370 e. The van der Waals surface area contributed by atoms with E-state index in [1.807, 2.05) is 26.8 Å². The van der Waals surface area contributed by atoms with Crippen LogP contribution in [-0.2, 0) is 4.79 Å². The summed E-state index contributed by atoms with van der Waals surface area (Å²) in [6.07, 6.45) is 5.43. The van der Waals surface area contributed by atoms with E-state index in [4.69, 9.17) is 33.9 Å². The van der Waals surface area contributed by atoms with Crippen LogP contribution in [0.5, 0.6) is 0 Å². The van der Waals surface area contributed by atoms with Gasteiger partial charge in [-0.25, -0.2) is 14.6 Å². The number of nitrogens with two attached hydrogens (primary N) is 1. The number of rotatable bonds is 8. The number of anilines is 1. The third-order valence-electron chi connectivity index (χ3n) is 7.62. The number of halogens is 2. The fourth-order valence-electron chi connectivity index (χ4n) is 5.52. The van der Waals surface area contributed by atoms with Gasteiger partial charge in [0, 0.05) is 36.1 Å². The molecule has 2 fully saturated rings. The van der Waals surface area contributed by atoms with Gasteiger partial charge in [-0.2, -0.15) is 10.4 Å². The van der Waals surface area contributed by atoms with Crippen molar-refractivity contribution in [2.75, 3.05) is 37.6 Å². The number of carbonyl (C=O) groups is 1. The number of nitriles is 1. The van der Waals surface area contributed by atoms with Gasteiger partial charge < -0.3 is 15.5 Å². The fraction of sp³-hybridized carbons (Fsp3) is 0.536. The topological polar surface area (TPSA) is 117 Å². The Morgan fingerprint density at radius 3 is 2.69 bits per heavy atom. The Hall–Kier alpha value is -2.93. The molecule has 2 aromatic heterocycles. The maximum Gasteiger partial charge on any atom is 0.217 e. The number of piperidine rings is 1. The van der Waals surface area contributed by atoms with E-state index in [9.17, 15) is 10.1 Å². The molecule has 0 bridgehead atoms. The van der Waals surface area contributed by atoms with Crippen molar-refractivity contribution >= 4 is 46.1 Å². The first-order valence-corrected chi connectivity index (χ1v) is 14.5. The van der Waals surface area contributed by atoms with Gasteiger partial charge in [-0.1, -0.05) is 43.1 Å². The number of primary amides is 1. The van der Waals surface area contributed by atoms with Gasteiger partial charge in [-0.3, -0.25) is 4.79 Å². The third kappa shape index (κ3) is 6.46. The molecule has 2 saturated heterocycles. The normalized spacial score (nSPS) is 18.7. The highest BCUT2D eigenvalue weighted by molar-refractivity contribution is 6.35. The van der Waals surface area contributed by atoms with Gasteiger partial charge in [0.1, 0.15) is 17.4 Å². The maximum atomic E-state index is 11.1. The highest BCUT2D eigenvalue weighted by Gasteiger charge is 2.36. The molecule has 0 saturated carbocycles. The van der Waals surface area contributed by atoms with Gasteiger partial charge in [-0.05, 0) is 68.8 Å². The average Bonchev–Trinajstić information content (AvgIpc) is 3.27. The number of fused-ring (bicyclic) bond motifs is 1. The summed E-state index contributed by atoms with van der Waals surface area (Å²) < 4.78 is 1.72. The van der Waals surface area contributed by atoms with Gasteiger partial charge in [0.25, 0.3) is 0 Å². The number of hydrogen-bond donors (Lipinski definition) is 1. The first-order chi connectivity index (χ1) is 18.8. The van der Waals surface area contributed by atoms with Crippen LogP contribution in [0.3, 0.4) is 0 Å². The smallest absolute Gasteiger partial charge is 0.217 e. The molecule has 1 aromatic carbocycles. The summed E-state index contributed by atoms with van der Waals surface area (Å²) in [5, 5.41) is 15.2. The number of aromatic nitrogens is 4. The quantitative estimate of drug-likeness (QED) is 0.402. The predicted molar refractivity (Wildman–Crippen MR) is 155 cm³/mol. The van der Waals surface area contributed by atoms with Crippen LogP contribution in [0.4, 0.5) is 5.82 Å². The Balaban J connectivity index is 0.00000172. The van der Waals surface area contributed by atoms with Crippen LogP contribution in [0.15, 0.2) is 24.4 Å². The highest BCUT2D eigenvalue weighted by atomic mass is 35.5. The molecular weight excluding hydrogens is 535 g/mol. The van der Waals surface area contributed by atoms with Crippen molar-refractivity contribution in [3.8, 4) is 6.07 Å². The highest BCUT2D eigenvalue weighted by Crippen LogP contribution is 2.35. The van der Waals surface area contributed by atoms with Crippen molar-refractivity contribution in [2.24, 2.45) is 17.6 Å². The van der Waals surface area contributed by atoms with Crippen LogP contribution < -0.4 is 10.6 Å². The zero-order valence-corrected chi connectivity index (χ0v) is 24.3. The molecule has 3 aromatic rings. The molecule has 1 amide bonds. The van der Waals surface area contributed by atoms with E-state index in [0.717, 1.165) is 50.5 Å². The molecule has 2 aliphatic heterocycles. The second kappa shape index (κ2) is 12.9. The molecule has 4 heterocycles. The standard InChI is InChI=1S/C26H30Cl2N8O.C2H6/c1-16(20-7-6-19(27)10-21(20)28)36-26-25(22(11-29)33-36)31-12-24(32-26)35-14-18(15-35)17-4-2-8-34(13-17)9-3-5-23(30)37;1-2/h6-7,10,12,16-18H,2-5,8-9,13-15H2,1H3,(H2,30,37);1-2H3. The van der Waals surface area contributed by atoms with Crippen LogP contribution in [0.1, 0.15) is 63.8 Å². The lowest BCUT2D eigenvalue weighted by atomic mass is 9.80. The van der Waals surface area contributed by atoms with E-state index < -0.39 is 0 Å². The van der Waals surface area contributed by atoms with Crippen LogP contribution in [0.25, 0.3) is 11.2 Å². The average molecular weight is 572 g/mol. The lowest BCUT2D eigenvalue weighted by Gasteiger charge is -2.47. The van der Waals surface area contributed by atoms with Crippen LogP contribution in [0.2, 0.25) is 10.0 Å². The second-order valence-electron chi connectivity index (χ2n) is 10.1. The molecule has 39 heavy (non-hydrogen) atoms. The first-order valence-electron chi connectivity index (χ1n) is 13.7. The summed E-state index contributed by atoms with van der Waals surface area (Å²) in [7, 11) is 0. The van der Waals surface area contributed by atoms with Gasteiger partial charge in [-0.15, -0.1) is 0 Å². The zero-order valence-electron chi connectivity index (χ0n) is 22.8.